The number of halogens is 1. The van der Waals surface area contributed by atoms with Gasteiger partial charge in [0.25, 0.3) is 5.91 Å². The zero-order valence-corrected chi connectivity index (χ0v) is 12.9. The summed E-state index contributed by atoms with van der Waals surface area (Å²) in [6, 6.07) is 6.38. The molecule has 0 radical (unpaired) electrons. The predicted octanol–water partition coefficient (Wildman–Crippen LogP) is 3.33. The van der Waals surface area contributed by atoms with Gasteiger partial charge in [-0.05, 0) is 57.4 Å². The summed E-state index contributed by atoms with van der Waals surface area (Å²) in [5, 5.41) is 4.30. The van der Waals surface area contributed by atoms with Crippen LogP contribution in [0.4, 0.5) is 4.39 Å². The molecule has 22 heavy (non-hydrogen) atoms. The van der Waals surface area contributed by atoms with Crippen LogP contribution >= 0.6 is 0 Å². The molecule has 1 aliphatic heterocycles. The molecular weight excluding hydrogens is 281 g/mol. The molecule has 0 spiro atoms. The van der Waals surface area contributed by atoms with E-state index in [0.29, 0.717) is 5.56 Å². The van der Waals surface area contributed by atoms with Crippen LogP contribution in [0.3, 0.4) is 0 Å². The Labute approximate surface area is 129 Å². The fourth-order valence-electron chi connectivity index (χ4n) is 3.02. The number of aromatic nitrogens is 2. The largest absolute Gasteiger partial charge is 0.336 e. The number of benzene rings is 1. The van der Waals surface area contributed by atoms with Crippen molar-refractivity contribution in [3.8, 4) is 5.69 Å². The average molecular weight is 301 g/mol. The number of hydrogen-bond acceptors (Lipinski definition) is 2. The fourth-order valence-corrected chi connectivity index (χ4v) is 3.02. The summed E-state index contributed by atoms with van der Waals surface area (Å²) in [4.78, 5) is 14.7. The van der Waals surface area contributed by atoms with Gasteiger partial charge < -0.3 is 4.90 Å². The monoisotopic (exact) mass is 301 g/mol. The number of piperidine rings is 1. The lowest BCUT2D eigenvalue weighted by Crippen LogP contribution is -2.42. The Morgan fingerprint density at radius 1 is 1.27 bits per heavy atom. The number of likely N-dealkylation sites (tertiary alicyclic amines) is 1. The topological polar surface area (TPSA) is 38.1 Å². The lowest BCUT2D eigenvalue weighted by molar-refractivity contribution is 0.0635. The molecule has 0 bridgehead atoms. The van der Waals surface area contributed by atoms with E-state index >= 15 is 0 Å². The molecule has 1 atom stereocenters. The van der Waals surface area contributed by atoms with Crippen molar-refractivity contribution < 1.29 is 9.18 Å². The van der Waals surface area contributed by atoms with Crippen molar-refractivity contribution in [1.29, 1.82) is 0 Å². The second-order valence-corrected chi connectivity index (χ2v) is 5.88. The molecule has 0 N–H and O–H groups in total. The summed E-state index contributed by atoms with van der Waals surface area (Å²) in [6.45, 7) is 4.77. The molecule has 0 aliphatic carbocycles. The van der Waals surface area contributed by atoms with Crippen LogP contribution in [-0.4, -0.2) is 33.2 Å². The molecule has 1 saturated heterocycles. The molecule has 1 fully saturated rings. The van der Waals surface area contributed by atoms with Gasteiger partial charge in [-0.15, -0.1) is 0 Å². The Kier molecular flexibility index (Phi) is 3.96. The van der Waals surface area contributed by atoms with Crippen LogP contribution in [0, 0.1) is 12.7 Å². The third-order valence-electron chi connectivity index (χ3n) is 4.38. The Morgan fingerprint density at radius 2 is 2.00 bits per heavy atom. The summed E-state index contributed by atoms with van der Waals surface area (Å²) in [5.41, 5.74) is 2.16. The average Bonchev–Trinajstić information content (AvgIpc) is 2.90. The maximum atomic E-state index is 13.0. The van der Waals surface area contributed by atoms with Gasteiger partial charge in [-0.1, -0.05) is 0 Å². The van der Waals surface area contributed by atoms with Gasteiger partial charge in [0, 0.05) is 12.6 Å². The van der Waals surface area contributed by atoms with E-state index in [2.05, 4.69) is 12.0 Å². The molecule has 2 aromatic rings. The van der Waals surface area contributed by atoms with Crippen molar-refractivity contribution in [3.63, 3.8) is 0 Å². The summed E-state index contributed by atoms with van der Waals surface area (Å²) in [6.07, 6.45) is 4.90. The molecular formula is C17H20FN3O. The first-order valence-electron chi connectivity index (χ1n) is 7.69. The number of amides is 1. The van der Waals surface area contributed by atoms with Gasteiger partial charge >= 0.3 is 0 Å². The summed E-state index contributed by atoms with van der Waals surface area (Å²) >= 11 is 0. The van der Waals surface area contributed by atoms with E-state index in [1.165, 1.54) is 18.6 Å². The molecule has 3 rings (SSSR count). The van der Waals surface area contributed by atoms with Gasteiger partial charge in [0.1, 0.15) is 5.82 Å². The minimum atomic E-state index is -0.285. The number of rotatable bonds is 2. The van der Waals surface area contributed by atoms with Crippen LogP contribution in [0.2, 0.25) is 0 Å². The minimum absolute atomic E-state index is 0.0399. The Balaban J connectivity index is 1.89. The van der Waals surface area contributed by atoms with Gasteiger partial charge in [-0.3, -0.25) is 4.79 Å². The summed E-state index contributed by atoms with van der Waals surface area (Å²) in [7, 11) is 0. The first-order chi connectivity index (χ1) is 10.6. The Hall–Kier alpha value is -2.17. The molecule has 1 aromatic carbocycles. The van der Waals surface area contributed by atoms with E-state index in [1.54, 1.807) is 23.0 Å². The van der Waals surface area contributed by atoms with Gasteiger partial charge in [0.15, 0.2) is 0 Å². The second kappa shape index (κ2) is 5.91. The van der Waals surface area contributed by atoms with Gasteiger partial charge in [0.05, 0.1) is 23.1 Å². The smallest absolute Gasteiger partial charge is 0.257 e. The summed E-state index contributed by atoms with van der Waals surface area (Å²) < 4.78 is 14.7. The number of nitrogens with zero attached hydrogens (tertiary/aromatic N) is 3. The SMILES string of the molecule is Cc1c(C(=O)N2CCCCC2C)cnn1-c1ccc(F)cc1. The molecule has 5 heteroatoms. The highest BCUT2D eigenvalue weighted by molar-refractivity contribution is 5.95. The standard InChI is InChI=1S/C17H20FN3O/c1-12-5-3-4-10-20(12)17(22)16-11-19-21(13(16)2)15-8-6-14(18)7-9-15/h6-9,11-12H,3-5,10H2,1-2H3. The van der Waals surface area contributed by atoms with Gasteiger partial charge in [-0.2, -0.15) is 5.10 Å². The normalized spacial score (nSPS) is 18.5. The highest BCUT2D eigenvalue weighted by Crippen LogP contribution is 2.22. The molecule has 116 valence electrons. The second-order valence-electron chi connectivity index (χ2n) is 5.88. The van der Waals surface area contributed by atoms with Crippen LogP contribution in [0.5, 0.6) is 0 Å². The molecule has 1 amide bonds. The lowest BCUT2D eigenvalue weighted by atomic mass is 10.0. The van der Waals surface area contributed by atoms with Crippen molar-refractivity contribution in [2.24, 2.45) is 0 Å². The zero-order chi connectivity index (χ0) is 15.7. The van der Waals surface area contributed by atoms with Gasteiger partial charge in [0.2, 0.25) is 0 Å². The highest BCUT2D eigenvalue weighted by atomic mass is 19.1. The van der Waals surface area contributed by atoms with Crippen molar-refractivity contribution in [2.45, 2.75) is 39.2 Å². The number of hydrogen-bond donors (Lipinski definition) is 0. The molecule has 1 aliphatic rings. The quantitative estimate of drug-likeness (QED) is 0.853. The highest BCUT2D eigenvalue weighted by Gasteiger charge is 2.26. The van der Waals surface area contributed by atoms with Crippen LogP contribution in [0.15, 0.2) is 30.5 Å². The summed E-state index contributed by atoms with van der Waals surface area (Å²) in [5.74, 6) is -0.245. The number of carbonyl (C=O) groups is 1. The Morgan fingerprint density at radius 3 is 2.68 bits per heavy atom. The van der Waals surface area contributed by atoms with Crippen molar-refractivity contribution in [2.75, 3.05) is 6.54 Å². The molecule has 1 aromatic heterocycles. The van der Waals surface area contributed by atoms with E-state index in [9.17, 15) is 9.18 Å². The van der Waals surface area contributed by atoms with E-state index < -0.39 is 0 Å². The maximum Gasteiger partial charge on any atom is 0.257 e. The van der Waals surface area contributed by atoms with Crippen LogP contribution in [0.25, 0.3) is 5.69 Å². The third kappa shape index (κ3) is 2.63. The van der Waals surface area contributed by atoms with E-state index in [4.69, 9.17) is 0 Å². The minimum Gasteiger partial charge on any atom is -0.336 e. The Bertz CT molecular complexity index is 678. The number of carbonyl (C=O) groups excluding carboxylic acids is 1. The van der Waals surface area contributed by atoms with Crippen molar-refractivity contribution in [1.82, 2.24) is 14.7 Å². The zero-order valence-electron chi connectivity index (χ0n) is 12.9. The molecule has 1 unspecified atom stereocenters. The first-order valence-corrected chi connectivity index (χ1v) is 7.69. The van der Waals surface area contributed by atoms with E-state index in [0.717, 1.165) is 30.8 Å². The van der Waals surface area contributed by atoms with E-state index in [1.807, 2.05) is 11.8 Å². The fraction of sp³-hybridized carbons (Fsp3) is 0.412. The molecule has 4 nitrogen and oxygen atoms in total. The molecule has 2 heterocycles. The first kappa shape index (κ1) is 14.8. The van der Waals surface area contributed by atoms with Crippen molar-refractivity contribution >= 4 is 5.91 Å². The van der Waals surface area contributed by atoms with Gasteiger partial charge in [-0.25, -0.2) is 9.07 Å². The van der Waals surface area contributed by atoms with Crippen LogP contribution in [-0.2, 0) is 0 Å². The third-order valence-corrected chi connectivity index (χ3v) is 4.38. The maximum absolute atomic E-state index is 13.0. The van der Waals surface area contributed by atoms with Crippen LogP contribution < -0.4 is 0 Å². The van der Waals surface area contributed by atoms with Crippen LogP contribution in [0.1, 0.15) is 42.2 Å². The lowest BCUT2D eigenvalue weighted by Gasteiger charge is -2.33. The molecule has 0 saturated carbocycles. The van der Waals surface area contributed by atoms with E-state index in [-0.39, 0.29) is 17.8 Å². The van der Waals surface area contributed by atoms with Crippen molar-refractivity contribution in [3.05, 3.63) is 47.5 Å². The predicted molar refractivity (Wildman–Crippen MR) is 82.6 cm³/mol.